The van der Waals surface area contributed by atoms with Gasteiger partial charge in [-0.15, -0.1) is 0 Å². The smallest absolute Gasteiger partial charge is 0.00207 e. The summed E-state index contributed by atoms with van der Waals surface area (Å²) in [5, 5.41) is 3.46. The molecule has 1 aliphatic heterocycles. The van der Waals surface area contributed by atoms with Crippen molar-refractivity contribution in [2.45, 2.75) is 45.4 Å². The Morgan fingerprint density at radius 2 is 2.00 bits per heavy atom. The van der Waals surface area contributed by atoms with Crippen LogP contribution in [0.25, 0.3) is 0 Å². The van der Waals surface area contributed by atoms with E-state index in [4.69, 9.17) is 0 Å². The Hall–Kier alpha value is -0.820. The zero-order chi connectivity index (χ0) is 11.8. The summed E-state index contributed by atoms with van der Waals surface area (Å²) >= 11 is 0. The average molecular weight is 217 g/mol. The molecule has 1 fully saturated rings. The van der Waals surface area contributed by atoms with E-state index in [1.165, 1.54) is 24.1 Å². The Bertz CT molecular complexity index is 368. The van der Waals surface area contributed by atoms with E-state index in [0.29, 0.717) is 0 Å². The van der Waals surface area contributed by atoms with E-state index < -0.39 is 0 Å². The van der Waals surface area contributed by atoms with Crippen LogP contribution in [-0.2, 0) is 5.41 Å². The summed E-state index contributed by atoms with van der Waals surface area (Å²) in [5.41, 5.74) is 4.72. The molecule has 0 bridgehead atoms. The molecule has 0 radical (unpaired) electrons. The van der Waals surface area contributed by atoms with E-state index in [9.17, 15) is 0 Å². The van der Waals surface area contributed by atoms with Crippen LogP contribution in [0.15, 0.2) is 18.2 Å². The zero-order valence-electron chi connectivity index (χ0n) is 10.9. The Balaban J connectivity index is 2.36. The van der Waals surface area contributed by atoms with E-state index in [1.807, 2.05) is 0 Å². The third-order valence-corrected chi connectivity index (χ3v) is 3.65. The summed E-state index contributed by atoms with van der Waals surface area (Å²) in [4.78, 5) is 0. The van der Waals surface area contributed by atoms with Crippen molar-refractivity contribution in [2.75, 3.05) is 13.1 Å². The maximum atomic E-state index is 3.46. The van der Waals surface area contributed by atoms with Crippen molar-refractivity contribution in [2.24, 2.45) is 0 Å². The number of hydrogen-bond acceptors (Lipinski definition) is 1. The van der Waals surface area contributed by atoms with Gasteiger partial charge in [-0.05, 0) is 47.9 Å². The summed E-state index contributed by atoms with van der Waals surface area (Å²) in [6.45, 7) is 11.4. The minimum absolute atomic E-state index is 0.258. The highest BCUT2D eigenvalue weighted by atomic mass is 14.9. The molecule has 1 unspecified atom stereocenters. The number of hydrogen-bond donors (Lipinski definition) is 1. The van der Waals surface area contributed by atoms with Crippen LogP contribution in [0.4, 0.5) is 0 Å². The van der Waals surface area contributed by atoms with Gasteiger partial charge in [-0.1, -0.05) is 39.0 Å². The van der Waals surface area contributed by atoms with Crippen LogP contribution >= 0.6 is 0 Å². The van der Waals surface area contributed by atoms with E-state index >= 15 is 0 Å². The first-order chi connectivity index (χ1) is 7.48. The summed E-state index contributed by atoms with van der Waals surface area (Å²) in [6.07, 6.45) is 1.29. The van der Waals surface area contributed by atoms with Crippen molar-refractivity contribution < 1.29 is 0 Å². The molecule has 88 valence electrons. The molecule has 0 aromatic heterocycles. The van der Waals surface area contributed by atoms with E-state index in [0.717, 1.165) is 12.5 Å². The lowest BCUT2D eigenvalue weighted by Crippen LogP contribution is -2.13. The monoisotopic (exact) mass is 217 g/mol. The fourth-order valence-electron chi connectivity index (χ4n) is 2.47. The highest BCUT2D eigenvalue weighted by molar-refractivity contribution is 5.37. The molecule has 1 atom stereocenters. The zero-order valence-corrected chi connectivity index (χ0v) is 10.9. The molecule has 0 saturated carbocycles. The summed E-state index contributed by atoms with van der Waals surface area (Å²) in [6, 6.07) is 6.99. The predicted octanol–water partition coefficient (Wildman–Crippen LogP) is 3.37. The molecule has 1 aromatic rings. The van der Waals surface area contributed by atoms with E-state index in [-0.39, 0.29) is 5.41 Å². The van der Waals surface area contributed by atoms with Gasteiger partial charge in [-0.2, -0.15) is 0 Å². The van der Waals surface area contributed by atoms with Crippen LogP contribution in [0.3, 0.4) is 0 Å². The van der Waals surface area contributed by atoms with Gasteiger partial charge in [0.15, 0.2) is 0 Å². The van der Waals surface area contributed by atoms with Crippen LogP contribution in [0, 0.1) is 6.92 Å². The van der Waals surface area contributed by atoms with Crippen molar-refractivity contribution in [3.63, 3.8) is 0 Å². The number of rotatable bonds is 1. The topological polar surface area (TPSA) is 12.0 Å². The largest absolute Gasteiger partial charge is 0.316 e. The molecule has 2 rings (SSSR count). The van der Waals surface area contributed by atoms with Crippen molar-refractivity contribution >= 4 is 0 Å². The SMILES string of the molecule is Cc1ccc(C(C)(C)C)cc1C1CCNC1. The van der Waals surface area contributed by atoms with Gasteiger partial charge in [0.25, 0.3) is 0 Å². The second-order valence-corrected chi connectivity index (χ2v) is 6.01. The predicted molar refractivity (Wildman–Crippen MR) is 70.1 cm³/mol. The van der Waals surface area contributed by atoms with Crippen LogP contribution in [0.2, 0.25) is 0 Å². The lowest BCUT2D eigenvalue weighted by atomic mass is 9.83. The summed E-state index contributed by atoms with van der Waals surface area (Å²) in [5.74, 6) is 0.724. The second-order valence-electron chi connectivity index (χ2n) is 6.01. The molecule has 1 aromatic carbocycles. The molecular weight excluding hydrogens is 194 g/mol. The van der Waals surface area contributed by atoms with Gasteiger partial charge in [0.05, 0.1) is 0 Å². The van der Waals surface area contributed by atoms with Gasteiger partial charge >= 0.3 is 0 Å². The summed E-state index contributed by atoms with van der Waals surface area (Å²) < 4.78 is 0. The number of nitrogens with one attached hydrogen (secondary N) is 1. The standard InChI is InChI=1S/C15H23N/c1-11-5-6-13(15(2,3)4)9-14(11)12-7-8-16-10-12/h5-6,9,12,16H,7-8,10H2,1-4H3. The number of benzene rings is 1. The first-order valence-electron chi connectivity index (χ1n) is 6.30. The van der Waals surface area contributed by atoms with Gasteiger partial charge < -0.3 is 5.32 Å². The van der Waals surface area contributed by atoms with Crippen molar-refractivity contribution in [3.05, 3.63) is 34.9 Å². The molecule has 1 saturated heterocycles. The van der Waals surface area contributed by atoms with Gasteiger partial charge in [0.2, 0.25) is 0 Å². The lowest BCUT2D eigenvalue weighted by Gasteiger charge is -2.22. The third kappa shape index (κ3) is 2.30. The maximum absolute atomic E-state index is 3.46. The Labute approximate surface area is 99.3 Å². The quantitative estimate of drug-likeness (QED) is 0.760. The summed E-state index contributed by atoms with van der Waals surface area (Å²) in [7, 11) is 0. The minimum Gasteiger partial charge on any atom is -0.316 e. The molecule has 1 N–H and O–H groups in total. The van der Waals surface area contributed by atoms with Crippen LogP contribution < -0.4 is 5.32 Å². The second kappa shape index (κ2) is 4.21. The van der Waals surface area contributed by atoms with Crippen molar-refractivity contribution in [1.82, 2.24) is 5.32 Å². The van der Waals surface area contributed by atoms with Gasteiger partial charge in [-0.3, -0.25) is 0 Å². The molecule has 1 heteroatoms. The fraction of sp³-hybridized carbons (Fsp3) is 0.600. The lowest BCUT2D eigenvalue weighted by molar-refractivity contribution is 0.587. The van der Waals surface area contributed by atoms with Crippen molar-refractivity contribution in [3.8, 4) is 0 Å². The molecule has 0 spiro atoms. The molecule has 0 aliphatic carbocycles. The molecule has 1 nitrogen and oxygen atoms in total. The molecule has 16 heavy (non-hydrogen) atoms. The van der Waals surface area contributed by atoms with Crippen molar-refractivity contribution in [1.29, 1.82) is 0 Å². The third-order valence-electron chi connectivity index (χ3n) is 3.65. The normalized spacial score (nSPS) is 21.4. The Morgan fingerprint density at radius 3 is 2.56 bits per heavy atom. The maximum Gasteiger partial charge on any atom is 0.00207 e. The fourth-order valence-corrected chi connectivity index (χ4v) is 2.47. The first kappa shape index (κ1) is 11.7. The van der Waals surface area contributed by atoms with Gasteiger partial charge in [0.1, 0.15) is 0 Å². The van der Waals surface area contributed by atoms with Gasteiger partial charge in [-0.25, -0.2) is 0 Å². The highest BCUT2D eigenvalue weighted by Crippen LogP contribution is 2.30. The van der Waals surface area contributed by atoms with E-state index in [2.05, 4.69) is 51.2 Å². The van der Waals surface area contributed by atoms with E-state index in [1.54, 1.807) is 5.56 Å². The molecule has 1 aliphatic rings. The Morgan fingerprint density at radius 1 is 1.25 bits per heavy atom. The highest BCUT2D eigenvalue weighted by Gasteiger charge is 2.21. The molecule has 0 amide bonds. The molecular formula is C15H23N. The van der Waals surface area contributed by atoms with Crippen LogP contribution in [0.5, 0.6) is 0 Å². The van der Waals surface area contributed by atoms with Crippen LogP contribution in [0.1, 0.15) is 49.8 Å². The Kier molecular flexibility index (Phi) is 3.07. The molecule has 1 heterocycles. The minimum atomic E-state index is 0.258. The van der Waals surface area contributed by atoms with Gasteiger partial charge in [0, 0.05) is 6.54 Å². The van der Waals surface area contributed by atoms with Crippen LogP contribution in [-0.4, -0.2) is 13.1 Å². The first-order valence-corrected chi connectivity index (χ1v) is 6.30. The number of aryl methyl sites for hydroxylation is 1. The average Bonchev–Trinajstić information content (AvgIpc) is 2.69.